The number of carbonyl (C=O) groups is 2. The summed E-state index contributed by atoms with van der Waals surface area (Å²) >= 11 is 0. The Balaban J connectivity index is 2.35. The lowest BCUT2D eigenvalue weighted by Crippen LogP contribution is -2.08. The van der Waals surface area contributed by atoms with Gasteiger partial charge in [0, 0.05) is 35.9 Å². The predicted octanol–water partition coefficient (Wildman–Crippen LogP) is 4.45. The number of hydrogen-bond acceptors (Lipinski definition) is 9. The van der Waals surface area contributed by atoms with E-state index in [1.54, 1.807) is 26.0 Å². The molecule has 1 heterocycles. The fourth-order valence-corrected chi connectivity index (χ4v) is 3.41. The van der Waals surface area contributed by atoms with Crippen LogP contribution in [0.1, 0.15) is 13.8 Å². The number of ether oxygens (including phenoxy) is 5. The van der Waals surface area contributed by atoms with Crippen LogP contribution in [0.3, 0.4) is 0 Å². The third kappa shape index (κ3) is 5.52. The minimum atomic E-state index is -0.677. The van der Waals surface area contributed by atoms with Crippen LogP contribution in [0.4, 0.5) is 0 Å². The van der Waals surface area contributed by atoms with Crippen LogP contribution in [0.2, 0.25) is 0 Å². The van der Waals surface area contributed by atoms with Gasteiger partial charge in [-0.2, -0.15) is 0 Å². The third-order valence-corrected chi connectivity index (χ3v) is 4.79. The summed E-state index contributed by atoms with van der Waals surface area (Å²) in [6.45, 7) is 3.32. The Morgan fingerprint density at radius 1 is 0.771 bits per heavy atom. The first kappa shape index (κ1) is 25.1. The average molecular weight is 480 g/mol. The number of carbonyl (C=O) groups excluding carboxylic acids is 2. The molecule has 2 aromatic carbocycles. The van der Waals surface area contributed by atoms with Crippen molar-refractivity contribution in [1.29, 1.82) is 0 Å². The van der Waals surface area contributed by atoms with E-state index in [4.69, 9.17) is 28.1 Å². The first-order valence-electron chi connectivity index (χ1n) is 10.5. The van der Waals surface area contributed by atoms with E-state index in [1.807, 2.05) is 0 Å². The summed E-state index contributed by atoms with van der Waals surface area (Å²) in [5.41, 5.74) is 0.226. The maximum atomic E-state index is 12.5. The van der Waals surface area contributed by atoms with Gasteiger partial charge in [0.05, 0.1) is 26.7 Å². The lowest BCUT2D eigenvalue weighted by Gasteiger charge is -2.16. The van der Waals surface area contributed by atoms with E-state index >= 15 is 0 Å². The molecule has 182 valence electrons. The predicted molar refractivity (Wildman–Crippen MR) is 128 cm³/mol. The molecule has 0 radical (unpaired) electrons. The normalized spacial score (nSPS) is 11.1. The van der Waals surface area contributed by atoms with Crippen LogP contribution in [0.5, 0.6) is 28.7 Å². The highest BCUT2D eigenvalue weighted by atomic mass is 16.5. The SMILES string of the molecule is C/C=C/C(=O)Oc1cc(OC(=O)/C=C/C)c2c(-c3cc(OC)c(OC)c(OC)c3)cc(=O)oc2c1. The Bertz CT molecular complexity index is 1350. The molecule has 0 unspecified atom stereocenters. The molecule has 9 nitrogen and oxygen atoms in total. The van der Waals surface area contributed by atoms with Crippen LogP contribution in [0, 0.1) is 0 Å². The maximum absolute atomic E-state index is 12.5. The Hall–Kier alpha value is -4.53. The van der Waals surface area contributed by atoms with E-state index < -0.39 is 17.6 Å². The molecule has 0 aliphatic rings. The molecular weight excluding hydrogens is 456 g/mol. The molecule has 0 aliphatic carbocycles. The molecule has 0 N–H and O–H groups in total. The van der Waals surface area contributed by atoms with Gasteiger partial charge in [0.1, 0.15) is 17.1 Å². The Kier molecular flexibility index (Phi) is 7.93. The number of benzene rings is 2. The molecule has 3 aromatic rings. The van der Waals surface area contributed by atoms with Crippen molar-refractivity contribution in [2.75, 3.05) is 21.3 Å². The standard InChI is InChI=1S/C26H24O9/c1-6-8-22(27)33-16-12-18(34-23(28)9-7-2)25-17(14-24(29)35-19(25)13-16)15-10-20(30-3)26(32-5)21(11-15)31-4/h6-14H,1-5H3/b8-6+,9-7+. The van der Waals surface area contributed by atoms with E-state index in [-0.39, 0.29) is 17.1 Å². The highest BCUT2D eigenvalue weighted by molar-refractivity contribution is 6.01. The maximum Gasteiger partial charge on any atom is 0.336 e. The van der Waals surface area contributed by atoms with Crippen molar-refractivity contribution >= 4 is 22.9 Å². The van der Waals surface area contributed by atoms with E-state index in [2.05, 4.69) is 0 Å². The summed E-state index contributed by atoms with van der Waals surface area (Å²) in [6, 6.07) is 7.28. The molecule has 0 spiro atoms. The number of esters is 2. The number of hydrogen-bond donors (Lipinski definition) is 0. The summed E-state index contributed by atoms with van der Waals surface area (Å²) in [6.07, 6.45) is 5.47. The van der Waals surface area contributed by atoms with Gasteiger partial charge in [0.15, 0.2) is 11.5 Å². The lowest BCUT2D eigenvalue weighted by atomic mass is 10.00. The number of allylic oxidation sites excluding steroid dienone is 2. The summed E-state index contributed by atoms with van der Waals surface area (Å²) in [4.78, 5) is 36.8. The summed E-state index contributed by atoms with van der Waals surface area (Å²) in [5.74, 6) is -0.215. The molecule has 35 heavy (non-hydrogen) atoms. The average Bonchev–Trinajstić information content (AvgIpc) is 2.82. The molecule has 0 bridgehead atoms. The Morgan fingerprint density at radius 3 is 1.91 bits per heavy atom. The highest BCUT2D eigenvalue weighted by Crippen LogP contribution is 2.44. The molecule has 1 aromatic heterocycles. The van der Waals surface area contributed by atoms with Crippen molar-refractivity contribution in [3.63, 3.8) is 0 Å². The van der Waals surface area contributed by atoms with Gasteiger partial charge in [-0.1, -0.05) is 12.2 Å². The van der Waals surface area contributed by atoms with Crippen LogP contribution in [-0.4, -0.2) is 33.3 Å². The van der Waals surface area contributed by atoms with E-state index in [0.29, 0.717) is 33.8 Å². The van der Waals surface area contributed by atoms with Gasteiger partial charge >= 0.3 is 17.6 Å². The second-order valence-electron chi connectivity index (χ2n) is 7.03. The van der Waals surface area contributed by atoms with Gasteiger partial charge in [-0.3, -0.25) is 0 Å². The molecule has 0 saturated carbocycles. The van der Waals surface area contributed by atoms with Crippen LogP contribution < -0.4 is 29.3 Å². The second-order valence-corrected chi connectivity index (χ2v) is 7.03. The van der Waals surface area contributed by atoms with Crippen molar-refractivity contribution in [3.8, 4) is 39.9 Å². The fourth-order valence-electron chi connectivity index (χ4n) is 3.41. The molecule has 0 atom stereocenters. The van der Waals surface area contributed by atoms with Crippen molar-refractivity contribution in [1.82, 2.24) is 0 Å². The molecular formula is C26H24O9. The van der Waals surface area contributed by atoms with Crippen LogP contribution in [0.15, 0.2) is 63.8 Å². The van der Waals surface area contributed by atoms with Crippen molar-refractivity contribution in [2.24, 2.45) is 0 Å². The van der Waals surface area contributed by atoms with Crippen molar-refractivity contribution in [3.05, 3.63) is 65.1 Å². The van der Waals surface area contributed by atoms with Crippen molar-refractivity contribution in [2.45, 2.75) is 13.8 Å². The molecule has 0 saturated heterocycles. The van der Waals surface area contributed by atoms with Gasteiger partial charge in [-0.05, 0) is 31.5 Å². The summed E-state index contributed by atoms with van der Waals surface area (Å²) in [7, 11) is 4.41. The topological polar surface area (TPSA) is 111 Å². The van der Waals surface area contributed by atoms with Gasteiger partial charge in [-0.15, -0.1) is 0 Å². The summed E-state index contributed by atoms with van der Waals surface area (Å²) in [5, 5.41) is 0.294. The number of fused-ring (bicyclic) bond motifs is 1. The Labute approximate surface area is 201 Å². The fraction of sp³-hybridized carbons (Fsp3) is 0.192. The molecule has 3 rings (SSSR count). The molecule has 0 fully saturated rings. The largest absolute Gasteiger partial charge is 0.493 e. The van der Waals surface area contributed by atoms with E-state index in [9.17, 15) is 14.4 Å². The van der Waals surface area contributed by atoms with E-state index in [0.717, 1.165) is 0 Å². The molecule has 0 amide bonds. The molecule has 0 aliphatic heterocycles. The van der Waals surface area contributed by atoms with Crippen molar-refractivity contribution < 1.29 is 37.7 Å². The quantitative estimate of drug-likeness (QED) is 0.200. The third-order valence-electron chi connectivity index (χ3n) is 4.79. The van der Waals surface area contributed by atoms with Gasteiger partial charge in [-0.25, -0.2) is 14.4 Å². The number of methoxy groups -OCH3 is 3. The van der Waals surface area contributed by atoms with Crippen LogP contribution in [-0.2, 0) is 9.59 Å². The van der Waals surface area contributed by atoms with E-state index in [1.165, 1.54) is 63.8 Å². The van der Waals surface area contributed by atoms with Crippen LogP contribution in [0.25, 0.3) is 22.1 Å². The zero-order valence-electron chi connectivity index (χ0n) is 19.9. The highest BCUT2D eigenvalue weighted by Gasteiger charge is 2.21. The lowest BCUT2D eigenvalue weighted by molar-refractivity contribution is -0.129. The first-order chi connectivity index (χ1) is 16.8. The minimum absolute atomic E-state index is 0.0152. The Morgan fingerprint density at radius 2 is 1.37 bits per heavy atom. The minimum Gasteiger partial charge on any atom is -0.493 e. The zero-order chi connectivity index (χ0) is 25.5. The van der Waals surface area contributed by atoms with Gasteiger partial charge in [0.25, 0.3) is 0 Å². The van der Waals surface area contributed by atoms with Gasteiger partial charge < -0.3 is 28.1 Å². The summed E-state index contributed by atoms with van der Waals surface area (Å²) < 4.78 is 32.4. The number of rotatable bonds is 8. The monoisotopic (exact) mass is 480 g/mol. The smallest absolute Gasteiger partial charge is 0.336 e. The van der Waals surface area contributed by atoms with Gasteiger partial charge in [0.2, 0.25) is 5.75 Å². The van der Waals surface area contributed by atoms with Crippen LogP contribution >= 0.6 is 0 Å². The zero-order valence-corrected chi connectivity index (χ0v) is 19.9. The second kappa shape index (κ2) is 11.1. The first-order valence-corrected chi connectivity index (χ1v) is 10.5. The molecule has 9 heteroatoms.